The second-order valence-electron chi connectivity index (χ2n) is 4.69. The van der Waals surface area contributed by atoms with Crippen molar-refractivity contribution in [1.82, 2.24) is 10.3 Å². The molecule has 0 bridgehead atoms. The highest BCUT2D eigenvalue weighted by Crippen LogP contribution is 2.18. The summed E-state index contributed by atoms with van der Waals surface area (Å²) in [5.41, 5.74) is 1.14. The molecule has 1 N–H and O–H groups in total. The Morgan fingerprint density at radius 1 is 1.41 bits per heavy atom. The van der Waals surface area contributed by atoms with Gasteiger partial charge in [0.2, 0.25) is 0 Å². The number of thiazole rings is 1. The van der Waals surface area contributed by atoms with E-state index in [1.807, 2.05) is 0 Å². The van der Waals surface area contributed by atoms with Crippen LogP contribution in [0.3, 0.4) is 0 Å². The first kappa shape index (κ1) is 14.6. The van der Waals surface area contributed by atoms with Gasteiger partial charge < -0.3 is 10.1 Å². The lowest BCUT2D eigenvalue weighted by atomic mass is 10.2. The topological polar surface area (TPSA) is 34.1 Å². The molecule has 1 heterocycles. The Hall–Kier alpha value is -0.450. The average Bonchev–Trinajstić information content (AvgIpc) is 2.60. The summed E-state index contributed by atoms with van der Waals surface area (Å²) in [6.45, 7) is 12.1. The lowest BCUT2D eigenvalue weighted by Crippen LogP contribution is -2.18. The number of aromatic nitrogens is 1. The van der Waals surface area contributed by atoms with Crippen LogP contribution in [0.4, 0.5) is 0 Å². The number of ether oxygens (including phenoxy) is 1. The Labute approximate surface area is 109 Å². The van der Waals surface area contributed by atoms with Gasteiger partial charge in [0.05, 0.1) is 12.3 Å². The second-order valence-corrected chi connectivity index (χ2v) is 5.86. The van der Waals surface area contributed by atoms with Gasteiger partial charge in [0.15, 0.2) is 0 Å². The highest BCUT2D eigenvalue weighted by atomic mass is 32.1. The second kappa shape index (κ2) is 7.80. The molecule has 17 heavy (non-hydrogen) atoms. The molecule has 0 atom stereocenters. The van der Waals surface area contributed by atoms with Gasteiger partial charge in [-0.2, -0.15) is 0 Å². The smallest absolute Gasteiger partial charge is 0.119 e. The highest BCUT2D eigenvalue weighted by molar-refractivity contribution is 7.11. The van der Waals surface area contributed by atoms with Crippen LogP contribution in [-0.4, -0.2) is 18.1 Å². The van der Waals surface area contributed by atoms with E-state index in [2.05, 4.69) is 38.0 Å². The minimum atomic E-state index is 0.656. The van der Waals surface area contributed by atoms with Crippen LogP contribution >= 0.6 is 11.3 Å². The van der Waals surface area contributed by atoms with Gasteiger partial charge in [-0.25, -0.2) is 4.98 Å². The molecule has 0 fully saturated rings. The molecule has 0 aromatic carbocycles. The van der Waals surface area contributed by atoms with Gasteiger partial charge in [0.25, 0.3) is 0 Å². The predicted molar refractivity (Wildman–Crippen MR) is 73.3 cm³/mol. The Kier molecular flexibility index (Phi) is 6.70. The molecule has 0 aliphatic heterocycles. The fourth-order valence-electron chi connectivity index (χ4n) is 1.49. The molecule has 1 rings (SSSR count). The zero-order valence-corrected chi connectivity index (χ0v) is 12.2. The maximum absolute atomic E-state index is 5.51. The van der Waals surface area contributed by atoms with Crippen molar-refractivity contribution in [1.29, 1.82) is 0 Å². The lowest BCUT2D eigenvalue weighted by molar-refractivity contribution is 0.121. The van der Waals surface area contributed by atoms with Crippen molar-refractivity contribution in [2.24, 2.45) is 5.92 Å². The highest BCUT2D eigenvalue weighted by Gasteiger charge is 2.07. The first-order valence-electron chi connectivity index (χ1n) is 6.37. The zero-order valence-electron chi connectivity index (χ0n) is 11.4. The fourth-order valence-corrected chi connectivity index (χ4v) is 2.47. The van der Waals surface area contributed by atoms with Gasteiger partial charge in [-0.15, -0.1) is 11.3 Å². The number of hydrogen-bond acceptors (Lipinski definition) is 4. The lowest BCUT2D eigenvalue weighted by Gasteiger charge is -2.05. The van der Waals surface area contributed by atoms with E-state index < -0.39 is 0 Å². The van der Waals surface area contributed by atoms with Gasteiger partial charge in [-0.3, -0.25) is 0 Å². The molecule has 4 heteroatoms. The number of nitrogens with one attached hydrogen (secondary N) is 1. The number of aryl methyl sites for hydroxylation is 1. The summed E-state index contributed by atoms with van der Waals surface area (Å²) < 4.78 is 5.51. The molecule has 1 aromatic heterocycles. The molecule has 1 aromatic rings. The Balaban J connectivity index is 2.39. The van der Waals surface area contributed by atoms with Crippen molar-refractivity contribution in [2.75, 3.05) is 13.2 Å². The molecule has 0 aliphatic rings. The molecule has 98 valence electrons. The van der Waals surface area contributed by atoms with E-state index in [0.29, 0.717) is 12.5 Å². The number of nitrogens with zero attached hydrogens (tertiary/aromatic N) is 1. The first-order valence-corrected chi connectivity index (χ1v) is 7.18. The van der Waals surface area contributed by atoms with Crippen molar-refractivity contribution in [3.8, 4) is 0 Å². The maximum atomic E-state index is 5.51. The third-order valence-corrected chi connectivity index (χ3v) is 3.48. The normalized spacial score (nSPS) is 11.4. The van der Waals surface area contributed by atoms with Crippen LogP contribution in [0.5, 0.6) is 0 Å². The Bertz CT molecular complexity index is 323. The van der Waals surface area contributed by atoms with Crippen LogP contribution in [0.1, 0.15) is 42.8 Å². The third kappa shape index (κ3) is 5.61. The van der Waals surface area contributed by atoms with E-state index in [1.54, 1.807) is 11.3 Å². The first-order chi connectivity index (χ1) is 8.13. The molecule has 0 aliphatic carbocycles. The summed E-state index contributed by atoms with van der Waals surface area (Å²) in [6, 6.07) is 0. The summed E-state index contributed by atoms with van der Waals surface area (Å²) in [4.78, 5) is 5.87. The molecule has 0 spiro atoms. The molecule has 0 saturated heterocycles. The summed E-state index contributed by atoms with van der Waals surface area (Å²) in [5, 5.41) is 4.55. The summed E-state index contributed by atoms with van der Waals surface area (Å²) in [5.74, 6) is 0.690. The largest absolute Gasteiger partial charge is 0.374 e. The zero-order chi connectivity index (χ0) is 12.7. The van der Waals surface area contributed by atoms with Crippen molar-refractivity contribution < 1.29 is 4.74 Å². The molecular formula is C13H24N2OS. The fraction of sp³-hybridized carbons (Fsp3) is 0.769. The molecule has 3 nitrogen and oxygen atoms in total. The predicted octanol–water partition coefficient (Wildman–Crippen LogP) is 3.12. The van der Waals surface area contributed by atoms with Gasteiger partial charge >= 0.3 is 0 Å². The van der Waals surface area contributed by atoms with Gasteiger partial charge in [-0.1, -0.05) is 20.8 Å². The van der Waals surface area contributed by atoms with Crippen LogP contribution in [0.25, 0.3) is 0 Å². The summed E-state index contributed by atoms with van der Waals surface area (Å²) >= 11 is 1.76. The van der Waals surface area contributed by atoms with E-state index in [4.69, 9.17) is 4.74 Å². The molecule has 0 saturated carbocycles. The van der Waals surface area contributed by atoms with E-state index in [-0.39, 0.29) is 0 Å². The van der Waals surface area contributed by atoms with E-state index >= 15 is 0 Å². The van der Waals surface area contributed by atoms with Gasteiger partial charge in [0.1, 0.15) is 5.01 Å². The quantitative estimate of drug-likeness (QED) is 0.726. The van der Waals surface area contributed by atoms with Crippen molar-refractivity contribution in [2.45, 2.75) is 47.3 Å². The Morgan fingerprint density at radius 3 is 2.82 bits per heavy atom. The van der Waals surface area contributed by atoms with E-state index in [1.165, 1.54) is 4.88 Å². The van der Waals surface area contributed by atoms with E-state index in [9.17, 15) is 0 Å². The van der Waals surface area contributed by atoms with Gasteiger partial charge in [-0.05, 0) is 25.8 Å². The van der Waals surface area contributed by atoms with Crippen LogP contribution in [-0.2, 0) is 17.9 Å². The number of rotatable bonds is 8. The number of hydrogen-bond donors (Lipinski definition) is 1. The monoisotopic (exact) mass is 256 g/mol. The maximum Gasteiger partial charge on any atom is 0.119 e. The standard InChI is InChI=1S/C13H24N2OS/c1-5-6-16-9-13-15-11(4)12(17-13)8-14-7-10(2)3/h10,14H,5-9H2,1-4H3. The van der Waals surface area contributed by atoms with Crippen LogP contribution < -0.4 is 5.32 Å². The van der Waals surface area contributed by atoms with Crippen LogP contribution in [0, 0.1) is 12.8 Å². The molecule has 0 amide bonds. The molecule has 0 radical (unpaired) electrons. The Morgan fingerprint density at radius 2 is 2.18 bits per heavy atom. The van der Waals surface area contributed by atoms with Gasteiger partial charge in [0, 0.05) is 18.0 Å². The minimum Gasteiger partial charge on any atom is -0.374 e. The summed E-state index contributed by atoms with van der Waals surface area (Å²) in [6.07, 6.45) is 1.06. The third-order valence-electron chi connectivity index (χ3n) is 2.35. The molecular weight excluding hydrogens is 232 g/mol. The van der Waals surface area contributed by atoms with Crippen molar-refractivity contribution in [3.05, 3.63) is 15.6 Å². The molecule has 0 unspecified atom stereocenters. The van der Waals surface area contributed by atoms with Crippen molar-refractivity contribution >= 4 is 11.3 Å². The SMILES string of the molecule is CCCOCc1nc(C)c(CNCC(C)C)s1. The summed E-state index contributed by atoms with van der Waals surface area (Å²) in [7, 11) is 0. The van der Waals surface area contributed by atoms with E-state index in [0.717, 1.165) is 36.8 Å². The van der Waals surface area contributed by atoms with Crippen LogP contribution in [0.2, 0.25) is 0 Å². The van der Waals surface area contributed by atoms with Crippen LogP contribution in [0.15, 0.2) is 0 Å². The average molecular weight is 256 g/mol. The minimum absolute atomic E-state index is 0.656. The van der Waals surface area contributed by atoms with Crippen molar-refractivity contribution in [3.63, 3.8) is 0 Å².